The summed E-state index contributed by atoms with van der Waals surface area (Å²) in [5.41, 5.74) is 0.315. The summed E-state index contributed by atoms with van der Waals surface area (Å²) in [5.74, 6) is 0.988. The molecule has 3 rings (SSSR count). The molecule has 1 aromatic carbocycles. The minimum atomic E-state index is -0.498. The van der Waals surface area contributed by atoms with Crippen LogP contribution in [0.15, 0.2) is 24.3 Å². The van der Waals surface area contributed by atoms with Crippen molar-refractivity contribution >= 4 is 17.9 Å². The van der Waals surface area contributed by atoms with E-state index in [4.69, 9.17) is 14.2 Å². The smallest absolute Gasteiger partial charge is 0.411 e. The van der Waals surface area contributed by atoms with Crippen molar-refractivity contribution in [3.05, 3.63) is 24.3 Å². The Bertz CT molecular complexity index is 725. The number of hydrogen-bond donors (Lipinski definition) is 1. The number of anilines is 1. The monoisotopic (exact) mass is 390 g/mol. The van der Waals surface area contributed by atoms with Crippen LogP contribution in [-0.2, 0) is 9.47 Å². The quantitative estimate of drug-likeness (QED) is 0.812. The lowest BCUT2D eigenvalue weighted by Crippen LogP contribution is -2.59. The molecule has 2 aliphatic rings. The third-order valence-corrected chi connectivity index (χ3v) is 6.40. The highest BCUT2D eigenvalue weighted by Gasteiger charge is 2.55. The van der Waals surface area contributed by atoms with Crippen molar-refractivity contribution in [2.45, 2.75) is 51.6 Å². The molecule has 7 heteroatoms. The zero-order valence-electron chi connectivity index (χ0n) is 17.1. The van der Waals surface area contributed by atoms with E-state index >= 15 is 0 Å². The van der Waals surface area contributed by atoms with Gasteiger partial charge in [-0.15, -0.1) is 0 Å². The molecule has 2 amide bonds. The van der Waals surface area contributed by atoms with E-state index in [1.165, 1.54) is 0 Å². The number of piperidine rings is 1. The molecular weight excluding hydrogens is 360 g/mol. The minimum absolute atomic E-state index is 0.145. The predicted molar refractivity (Wildman–Crippen MR) is 106 cm³/mol. The number of methoxy groups -OCH3 is 1. The van der Waals surface area contributed by atoms with Crippen LogP contribution in [0.5, 0.6) is 5.75 Å². The first kappa shape index (κ1) is 20.3. The van der Waals surface area contributed by atoms with Gasteiger partial charge in [0.2, 0.25) is 0 Å². The summed E-state index contributed by atoms with van der Waals surface area (Å²) < 4.78 is 16.0. The number of amides is 2. The molecule has 7 nitrogen and oxygen atoms in total. The minimum Gasteiger partial charge on any atom is -0.495 e. The van der Waals surface area contributed by atoms with Crippen LogP contribution in [0.2, 0.25) is 0 Å². The summed E-state index contributed by atoms with van der Waals surface area (Å²) in [6, 6.07) is 7.35. The Morgan fingerprint density at radius 2 is 2.04 bits per heavy atom. The van der Waals surface area contributed by atoms with Crippen molar-refractivity contribution in [1.29, 1.82) is 0 Å². The summed E-state index contributed by atoms with van der Waals surface area (Å²) in [6.45, 7) is 6.79. The van der Waals surface area contributed by atoms with Crippen LogP contribution in [0, 0.1) is 11.8 Å². The molecule has 2 saturated heterocycles. The number of rotatable bonds is 5. The van der Waals surface area contributed by atoms with E-state index < -0.39 is 6.09 Å². The van der Waals surface area contributed by atoms with E-state index in [1.54, 1.807) is 19.2 Å². The molecule has 28 heavy (non-hydrogen) atoms. The van der Waals surface area contributed by atoms with Crippen LogP contribution < -0.4 is 10.1 Å². The first-order chi connectivity index (χ1) is 13.4. The number of carbonyl (C=O) groups is 2. The molecule has 1 N–H and O–H groups in total. The summed E-state index contributed by atoms with van der Waals surface area (Å²) in [7, 11) is 1.56. The van der Waals surface area contributed by atoms with Gasteiger partial charge in [0.05, 0.1) is 26.0 Å². The van der Waals surface area contributed by atoms with Crippen molar-refractivity contribution < 1.29 is 23.8 Å². The standard InChI is InChI=1S/C21H30N2O5/c1-5-27-20(25)23-16-10-11-21(23,3)14(2)15(12-16)13-28-19(24)22-17-8-6-7-9-18(17)26-4/h6-9,14-16H,5,10-13H2,1-4H3,(H,22,24). The van der Waals surface area contributed by atoms with E-state index in [-0.39, 0.29) is 29.5 Å². The van der Waals surface area contributed by atoms with Gasteiger partial charge < -0.3 is 14.2 Å². The average Bonchev–Trinajstić information content (AvgIpc) is 2.96. The highest BCUT2D eigenvalue weighted by molar-refractivity contribution is 5.86. The zero-order valence-corrected chi connectivity index (χ0v) is 17.1. The second kappa shape index (κ2) is 8.29. The molecule has 4 unspecified atom stereocenters. The third-order valence-electron chi connectivity index (χ3n) is 6.40. The van der Waals surface area contributed by atoms with Gasteiger partial charge >= 0.3 is 12.2 Å². The van der Waals surface area contributed by atoms with E-state index in [1.807, 2.05) is 24.0 Å². The van der Waals surface area contributed by atoms with Gasteiger partial charge in [-0.05, 0) is 57.1 Å². The summed E-state index contributed by atoms with van der Waals surface area (Å²) in [6.07, 6.45) is 2.00. The maximum Gasteiger partial charge on any atom is 0.411 e. The molecule has 0 radical (unpaired) electrons. The van der Waals surface area contributed by atoms with Crippen LogP contribution in [0.3, 0.4) is 0 Å². The molecular formula is C21H30N2O5. The van der Waals surface area contributed by atoms with Crippen molar-refractivity contribution in [1.82, 2.24) is 4.90 Å². The Hall–Kier alpha value is -2.44. The van der Waals surface area contributed by atoms with Crippen molar-refractivity contribution in [3.63, 3.8) is 0 Å². The fourth-order valence-corrected chi connectivity index (χ4v) is 4.70. The predicted octanol–water partition coefficient (Wildman–Crippen LogP) is 4.28. The van der Waals surface area contributed by atoms with Crippen molar-refractivity contribution in [2.75, 3.05) is 25.6 Å². The van der Waals surface area contributed by atoms with Gasteiger partial charge in [0.1, 0.15) is 5.75 Å². The second-order valence-corrected chi connectivity index (χ2v) is 7.83. The Balaban J connectivity index is 1.60. The molecule has 1 aromatic rings. The summed E-state index contributed by atoms with van der Waals surface area (Å²) >= 11 is 0. The molecule has 0 aromatic heterocycles. The molecule has 2 fully saturated rings. The lowest BCUT2D eigenvalue weighted by molar-refractivity contribution is -0.0276. The van der Waals surface area contributed by atoms with Crippen molar-refractivity contribution in [2.24, 2.45) is 11.8 Å². The fraction of sp³-hybridized carbons (Fsp3) is 0.619. The summed E-state index contributed by atoms with van der Waals surface area (Å²) in [5, 5.41) is 2.74. The van der Waals surface area contributed by atoms with Gasteiger partial charge in [0.25, 0.3) is 0 Å². The first-order valence-corrected chi connectivity index (χ1v) is 9.93. The van der Waals surface area contributed by atoms with Gasteiger partial charge in [0.15, 0.2) is 0 Å². The van der Waals surface area contributed by atoms with E-state index in [2.05, 4.69) is 19.2 Å². The average molecular weight is 390 g/mol. The number of ether oxygens (including phenoxy) is 3. The van der Waals surface area contributed by atoms with Gasteiger partial charge in [-0.2, -0.15) is 0 Å². The van der Waals surface area contributed by atoms with Crippen LogP contribution >= 0.6 is 0 Å². The normalized spacial score (nSPS) is 28.6. The van der Waals surface area contributed by atoms with Crippen LogP contribution in [0.1, 0.15) is 40.0 Å². The molecule has 154 valence electrons. The molecule has 0 aliphatic carbocycles. The largest absolute Gasteiger partial charge is 0.495 e. The number of benzene rings is 1. The van der Waals surface area contributed by atoms with Gasteiger partial charge in [0, 0.05) is 11.6 Å². The number of nitrogens with one attached hydrogen (secondary N) is 1. The first-order valence-electron chi connectivity index (χ1n) is 9.93. The Kier molecular flexibility index (Phi) is 6.01. The molecule has 2 aliphatic heterocycles. The lowest BCUT2D eigenvalue weighted by Gasteiger charge is -2.49. The lowest BCUT2D eigenvalue weighted by atomic mass is 9.73. The molecule has 2 heterocycles. The number of para-hydroxylation sites is 2. The van der Waals surface area contributed by atoms with Crippen LogP contribution in [0.4, 0.5) is 15.3 Å². The zero-order chi connectivity index (χ0) is 20.3. The van der Waals surface area contributed by atoms with Gasteiger partial charge in [-0.3, -0.25) is 10.2 Å². The van der Waals surface area contributed by atoms with Crippen molar-refractivity contribution in [3.8, 4) is 5.75 Å². The second-order valence-electron chi connectivity index (χ2n) is 7.83. The Morgan fingerprint density at radius 1 is 1.29 bits per heavy atom. The van der Waals surface area contributed by atoms with E-state index in [0.29, 0.717) is 24.7 Å². The van der Waals surface area contributed by atoms with Crippen LogP contribution in [0.25, 0.3) is 0 Å². The highest BCUT2D eigenvalue weighted by Crippen LogP contribution is 2.50. The third kappa shape index (κ3) is 3.75. The number of carbonyl (C=O) groups excluding carboxylic acids is 2. The van der Waals surface area contributed by atoms with Gasteiger partial charge in [-0.1, -0.05) is 19.1 Å². The van der Waals surface area contributed by atoms with Gasteiger partial charge in [-0.25, -0.2) is 9.59 Å². The van der Waals surface area contributed by atoms with E-state index in [0.717, 1.165) is 19.3 Å². The Labute approximate surface area is 166 Å². The number of nitrogens with zero attached hydrogens (tertiary/aromatic N) is 1. The SMILES string of the molecule is CCOC(=O)N1C2CCC1(C)C(C)C(COC(=O)Nc1ccccc1OC)C2. The summed E-state index contributed by atoms with van der Waals surface area (Å²) in [4.78, 5) is 26.6. The maximum absolute atomic E-state index is 12.4. The number of hydrogen-bond acceptors (Lipinski definition) is 5. The Morgan fingerprint density at radius 3 is 2.75 bits per heavy atom. The fourth-order valence-electron chi connectivity index (χ4n) is 4.70. The highest BCUT2D eigenvalue weighted by atomic mass is 16.6. The van der Waals surface area contributed by atoms with Crippen LogP contribution in [-0.4, -0.2) is 49.0 Å². The maximum atomic E-state index is 12.4. The van der Waals surface area contributed by atoms with E-state index in [9.17, 15) is 9.59 Å². The number of fused-ring (bicyclic) bond motifs is 2. The molecule has 0 spiro atoms. The molecule has 0 saturated carbocycles. The topological polar surface area (TPSA) is 77.1 Å². The molecule has 2 bridgehead atoms. The molecule has 4 atom stereocenters.